The monoisotopic (exact) mass is 379 g/mol. The van der Waals surface area contributed by atoms with Crippen molar-refractivity contribution in [3.8, 4) is 0 Å². The van der Waals surface area contributed by atoms with Gasteiger partial charge in [-0.25, -0.2) is 14.4 Å². The van der Waals surface area contributed by atoms with Crippen molar-refractivity contribution in [2.24, 2.45) is 0 Å². The zero-order valence-corrected chi connectivity index (χ0v) is 15.1. The summed E-state index contributed by atoms with van der Waals surface area (Å²) in [5, 5.41) is 8.33. The maximum Gasteiger partial charge on any atom is 0.274 e. The highest BCUT2D eigenvalue weighted by molar-refractivity contribution is 6.03. The maximum atomic E-state index is 13.7. The van der Waals surface area contributed by atoms with E-state index in [2.05, 4.69) is 25.9 Å². The Kier molecular flexibility index (Phi) is 5.91. The van der Waals surface area contributed by atoms with Gasteiger partial charge in [0.25, 0.3) is 5.91 Å². The second-order valence-electron chi connectivity index (χ2n) is 5.95. The van der Waals surface area contributed by atoms with Crippen LogP contribution in [0.2, 0.25) is 0 Å². The van der Waals surface area contributed by atoms with Crippen molar-refractivity contribution in [2.45, 2.75) is 13.5 Å². The lowest BCUT2D eigenvalue weighted by atomic mass is 10.2. The molecular formula is C20H18FN5O2. The molecule has 8 heteroatoms. The van der Waals surface area contributed by atoms with Gasteiger partial charge in [-0.3, -0.25) is 9.59 Å². The topological polar surface area (TPSA) is 96.0 Å². The molecule has 0 aliphatic heterocycles. The van der Waals surface area contributed by atoms with E-state index in [1.54, 1.807) is 42.5 Å². The fourth-order valence-electron chi connectivity index (χ4n) is 2.48. The molecule has 1 aromatic heterocycles. The standard InChI is InChI=1S/C20H18FN5O2/c1-13(27)25-15-6-4-7-16(9-15)26-20(28)18-10-19(24-12-23-18)22-11-14-5-2-3-8-17(14)21/h2-10,12H,11H2,1H3,(H,25,27)(H,26,28)(H,22,23,24). The summed E-state index contributed by atoms with van der Waals surface area (Å²) in [5.41, 5.74) is 1.72. The number of carbonyl (C=O) groups excluding carboxylic acids is 2. The third-order valence-corrected chi connectivity index (χ3v) is 3.76. The van der Waals surface area contributed by atoms with E-state index in [9.17, 15) is 14.0 Å². The smallest absolute Gasteiger partial charge is 0.274 e. The van der Waals surface area contributed by atoms with Crippen molar-refractivity contribution in [3.63, 3.8) is 0 Å². The molecule has 0 aliphatic carbocycles. The third-order valence-electron chi connectivity index (χ3n) is 3.76. The Morgan fingerprint density at radius 2 is 1.71 bits per heavy atom. The van der Waals surface area contributed by atoms with E-state index in [0.717, 1.165) is 0 Å². The van der Waals surface area contributed by atoms with Crippen LogP contribution in [0.4, 0.5) is 21.6 Å². The number of nitrogens with one attached hydrogen (secondary N) is 3. The van der Waals surface area contributed by atoms with Crippen LogP contribution in [0.3, 0.4) is 0 Å². The number of rotatable bonds is 6. The van der Waals surface area contributed by atoms with Crippen LogP contribution >= 0.6 is 0 Å². The zero-order chi connectivity index (χ0) is 19.9. The third kappa shape index (κ3) is 5.10. The molecule has 0 atom stereocenters. The Hall–Kier alpha value is -3.81. The lowest BCUT2D eigenvalue weighted by molar-refractivity contribution is -0.114. The highest BCUT2D eigenvalue weighted by atomic mass is 19.1. The van der Waals surface area contributed by atoms with Gasteiger partial charge in [-0.1, -0.05) is 24.3 Å². The van der Waals surface area contributed by atoms with E-state index >= 15 is 0 Å². The van der Waals surface area contributed by atoms with Crippen LogP contribution in [0, 0.1) is 5.82 Å². The second-order valence-corrected chi connectivity index (χ2v) is 5.95. The maximum absolute atomic E-state index is 13.7. The fourth-order valence-corrected chi connectivity index (χ4v) is 2.48. The normalized spacial score (nSPS) is 10.2. The Labute approximate surface area is 161 Å². The average molecular weight is 379 g/mol. The van der Waals surface area contributed by atoms with Gasteiger partial charge in [-0.2, -0.15) is 0 Å². The molecule has 0 aliphatic rings. The molecule has 142 valence electrons. The summed E-state index contributed by atoms with van der Waals surface area (Å²) in [6.07, 6.45) is 1.26. The number of hydrogen-bond donors (Lipinski definition) is 3. The Bertz CT molecular complexity index is 1010. The van der Waals surface area contributed by atoms with Crippen LogP contribution in [0.5, 0.6) is 0 Å². The second kappa shape index (κ2) is 8.72. The molecule has 0 saturated carbocycles. The lowest BCUT2D eigenvalue weighted by Gasteiger charge is -2.09. The van der Waals surface area contributed by atoms with Crippen molar-refractivity contribution in [3.05, 3.63) is 78.0 Å². The minimum absolute atomic E-state index is 0.149. The highest BCUT2D eigenvalue weighted by Gasteiger charge is 2.10. The Balaban J connectivity index is 1.67. The van der Waals surface area contributed by atoms with Crippen LogP contribution < -0.4 is 16.0 Å². The van der Waals surface area contributed by atoms with Crippen molar-refractivity contribution >= 4 is 29.0 Å². The number of amides is 2. The fraction of sp³-hybridized carbons (Fsp3) is 0.100. The van der Waals surface area contributed by atoms with Gasteiger partial charge in [0.05, 0.1) is 0 Å². The van der Waals surface area contributed by atoms with Gasteiger partial charge >= 0.3 is 0 Å². The molecular weight excluding hydrogens is 361 g/mol. The average Bonchev–Trinajstić information content (AvgIpc) is 2.67. The molecule has 0 radical (unpaired) electrons. The molecule has 0 fully saturated rings. The van der Waals surface area contributed by atoms with E-state index in [4.69, 9.17) is 0 Å². The number of anilines is 3. The van der Waals surface area contributed by atoms with Crippen molar-refractivity contribution in [2.75, 3.05) is 16.0 Å². The van der Waals surface area contributed by atoms with Crippen molar-refractivity contribution < 1.29 is 14.0 Å². The largest absolute Gasteiger partial charge is 0.366 e. The van der Waals surface area contributed by atoms with E-state index in [1.165, 1.54) is 25.4 Å². The lowest BCUT2D eigenvalue weighted by Crippen LogP contribution is -2.15. The van der Waals surface area contributed by atoms with Crippen LogP contribution in [0.15, 0.2) is 60.9 Å². The molecule has 2 aromatic carbocycles. The first kappa shape index (κ1) is 19.0. The summed E-state index contributed by atoms with van der Waals surface area (Å²) in [4.78, 5) is 31.6. The molecule has 0 bridgehead atoms. The number of hydrogen-bond acceptors (Lipinski definition) is 5. The van der Waals surface area contributed by atoms with E-state index in [-0.39, 0.29) is 24.0 Å². The number of carbonyl (C=O) groups is 2. The molecule has 7 nitrogen and oxygen atoms in total. The Morgan fingerprint density at radius 1 is 0.964 bits per heavy atom. The van der Waals surface area contributed by atoms with Crippen LogP contribution in [-0.4, -0.2) is 21.8 Å². The summed E-state index contributed by atoms with van der Waals surface area (Å²) in [6.45, 7) is 1.63. The Morgan fingerprint density at radius 3 is 2.46 bits per heavy atom. The van der Waals surface area contributed by atoms with E-state index < -0.39 is 5.91 Å². The van der Waals surface area contributed by atoms with Gasteiger partial charge in [0.2, 0.25) is 5.91 Å². The quantitative estimate of drug-likeness (QED) is 0.610. The summed E-state index contributed by atoms with van der Waals surface area (Å²) < 4.78 is 13.7. The van der Waals surface area contributed by atoms with Crippen LogP contribution in [-0.2, 0) is 11.3 Å². The summed E-state index contributed by atoms with van der Waals surface area (Å²) in [6, 6.07) is 14.6. The minimum atomic E-state index is -0.434. The van der Waals surface area contributed by atoms with Gasteiger partial charge in [0.15, 0.2) is 0 Å². The highest BCUT2D eigenvalue weighted by Crippen LogP contribution is 2.16. The van der Waals surface area contributed by atoms with Crippen LogP contribution in [0.25, 0.3) is 0 Å². The predicted octanol–water partition coefficient (Wildman–Crippen LogP) is 3.44. The zero-order valence-electron chi connectivity index (χ0n) is 15.1. The number of halogens is 1. The molecule has 0 saturated heterocycles. The molecule has 28 heavy (non-hydrogen) atoms. The van der Waals surface area contributed by atoms with Crippen molar-refractivity contribution in [1.29, 1.82) is 0 Å². The number of nitrogens with zero attached hydrogens (tertiary/aromatic N) is 2. The summed E-state index contributed by atoms with van der Waals surface area (Å²) in [7, 11) is 0. The van der Waals surface area contributed by atoms with Gasteiger partial charge in [-0.15, -0.1) is 0 Å². The first-order valence-corrected chi connectivity index (χ1v) is 8.49. The molecule has 1 heterocycles. The molecule has 3 rings (SSSR count). The van der Waals surface area contributed by atoms with Gasteiger partial charge in [0.1, 0.15) is 23.7 Å². The molecule has 3 aromatic rings. The molecule has 0 unspecified atom stereocenters. The molecule has 0 spiro atoms. The molecule has 3 N–H and O–H groups in total. The van der Waals surface area contributed by atoms with Gasteiger partial charge < -0.3 is 16.0 Å². The van der Waals surface area contributed by atoms with Gasteiger partial charge in [0, 0.05) is 36.5 Å². The number of benzene rings is 2. The van der Waals surface area contributed by atoms with Crippen molar-refractivity contribution in [1.82, 2.24) is 9.97 Å². The van der Waals surface area contributed by atoms with Gasteiger partial charge in [-0.05, 0) is 24.3 Å². The first-order valence-electron chi connectivity index (χ1n) is 8.49. The SMILES string of the molecule is CC(=O)Nc1cccc(NC(=O)c2cc(NCc3ccccc3F)ncn2)c1. The van der Waals surface area contributed by atoms with Crippen LogP contribution in [0.1, 0.15) is 23.0 Å². The predicted molar refractivity (Wildman–Crippen MR) is 104 cm³/mol. The number of aromatic nitrogens is 2. The minimum Gasteiger partial charge on any atom is -0.366 e. The summed E-state index contributed by atoms with van der Waals surface area (Å²) >= 11 is 0. The first-order chi connectivity index (χ1) is 13.5. The van der Waals surface area contributed by atoms with E-state index in [1.807, 2.05) is 0 Å². The molecule has 2 amide bonds. The summed E-state index contributed by atoms with van der Waals surface area (Å²) in [5.74, 6) is -0.558. The van der Waals surface area contributed by atoms with E-state index in [0.29, 0.717) is 22.8 Å².